The van der Waals surface area contributed by atoms with E-state index in [1.807, 2.05) is 0 Å². The van der Waals surface area contributed by atoms with Gasteiger partial charge in [0, 0.05) is 28.5 Å². The van der Waals surface area contributed by atoms with Gasteiger partial charge in [0.2, 0.25) is 0 Å². The number of halogens is 1. The first-order valence-corrected chi connectivity index (χ1v) is 8.54. The average molecular weight is 354 g/mol. The Hall–Kier alpha value is -1.81. The molecule has 1 aromatic heterocycles. The van der Waals surface area contributed by atoms with Gasteiger partial charge in [0.25, 0.3) is 0 Å². The Balaban J connectivity index is 1.93. The van der Waals surface area contributed by atoms with Gasteiger partial charge in [0.05, 0.1) is 23.8 Å². The van der Waals surface area contributed by atoms with Crippen LogP contribution in [-0.4, -0.2) is 23.5 Å². The molecule has 0 radical (unpaired) electrons. The Morgan fingerprint density at radius 1 is 1.32 bits per heavy atom. The second-order valence-corrected chi connectivity index (χ2v) is 7.03. The van der Waals surface area contributed by atoms with Gasteiger partial charge in [-0.05, 0) is 40.9 Å². The molecular formula is C18H16BrN3. The smallest absolute Gasteiger partial charge is 0.113 e. The van der Waals surface area contributed by atoms with Gasteiger partial charge in [0.1, 0.15) is 5.84 Å². The lowest BCUT2D eigenvalue weighted by Gasteiger charge is -2.25. The van der Waals surface area contributed by atoms with Gasteiger partial charge in [0.15, 0.2) is 0 Å². The van der Waals surface area contributed by atoms with E-state index in [2.05, 4.69) is 68.9 Å². The molecule has 0 saturated carbocycles. The van der Waals surface area contributed by atoms with E-state index in [9.17, 15) is 0 Å². The summed E-state index contributed by atoms with van der Waals surface area (Å²) >= 11 is 3.75. The molecule has 1 aromatic carbocycles. The number of hydrogen-bond donors (Lipinski definition) is 0. The first-order chi connectivity index (χ1) is 10.8. The number of aliphatic imine (C=N–C) groups is 1. The summed E-state index contributed by atoms with van der Waals surface area (Å²) < 4.78 is 3.56. The zero-order chi connectivity index (χ0) is 14.8. The number of aryl methyl sites for hydroxylation is 1. The minimum Gasteiger partial charge on any atom is -0.326 e. The lowest BCUT2D eigenvalue weighted by Crippen LogP contribution is -2.31. The molecule has 3 aliphatic rings. The fraction of sp³-hybridized carbons (Fsp3) is 0.278. The highest BCUT2D eigenvalue weighted by Gasteiger charge is 2.37. The van der Waals surface area contributed by atoms with Gasteiger partial charge in [-0.1, -0.05) is 24.3 Å². The van der Waals surface area contributed by atoms with E-state index in [-0.39, 0.29) is 0 Å². The quantitative estimate of drug-likeness (QED) is 0.692. The van der Waals surface area contributed by atoms with Gasteiger partial charge in [-0.3, -0.25) is 4.99 Å². The van der Waals surface area contributed by atoms with Gasteiger partial charge in [-0.2, -0.15) is 0 Å². The molecule has 0 amide bonds. The predicted molar refractivity (Wildman–Crippen MR) is 94.2 cm³/mol. The van der Waals surface area contributed by atoms with E-state index in [0.29, 0.717) is 5.92 Å². The number of nitrogens with zero attached hydrogens (tertiary/aromatic N) is 3. The summed E-state index contributed by atoms with van der Waals surface area (Å²) in [6, 6.07) is 6.58. The molecule has 0 saturated heterocycles. The van der Waals surface area contributed by atoms with E-state index in [1.165, 1.54) is 38.5 Å². The van der Waals surface area contributed by atoms with Crippen molar-refractivity contribution in [2.45, 2.75) is 19.3 Å². The first kappa shape index (κ1) is 12.7. The van der Waals surface area contributed by atoms with Crippen LogP contribution in [0.1, 0.15) is 29.2 Å². The van der Waals surface area contributed by atoms with E-state index in [4.69, 9.17) is 4.99 Å². The molecule has 110 valence electrons. The summed E-state index contributed by atoms with van der Waals surface area (Å²) in [5.74, 6) is 1.60. The standard InChI is InChI=1S/C18H16BrN3/c1-11-4-2-7-15-16(11)22-10-14(19)12-5-3-6-13(17(12)22)18-20-8-9-21(15)18/h2-5,7,10,13H,6,8-9H2,1H3. The number of aromatic nitrogens is 1. The predicted octanol–water partition coefficient (Wildman–Crippen LogP) is 4.28. The monoisotopic (exact) mass is 353 g/mol. The maximum absolute atomic E-state index is 4.86. The van der Waals surface area contributed by atoms with Crippen LogP contribution in [0.3, 0.4) is 0 Å². The van der Waals surface area contributed by atoms with E-state index < -0.39 is 0 Å². The van der Waals surface area contributed by atoms with Crippen molar-refractivity contribution in [1.82, 2.24) is 4.57 Å². The van der Waals surface area contributed by atoms with E-state index >= 15 is 0 Å². The molecule has 0 N–H and O–H groups in total. The molecule has 2 aliphatic heterocycles. The van der Waals surface area contributed by atoms with Crippen LogP contribution in [0.5, 0.6) is 0 Å². The van der Waals surface area contributed by atoms with E-state index in [0.717, 1.165) is 19.5 Å². The highest BCUT2D eigenvalue weighted by molar-refractivity contribution is 9.10. The van der Waals surface area contributed by atoms with Gasteiger partial charge >= 0.3 is 0 Å². The number of para-hydroxylation sites is 1. The normalized spacial score (nSPS) is 21.1. The fourth-order valence-electron chi connectivity index (χ4n) is 4.05. The van der Waals surface area contributed by atoms with Crippen molar-refractivity contribution in [3.63, 3.8) is 0 Å². The number of rotatable bonds is 0. The number of anilines is 1. The number of benzene rings is 1. The zero-order valence-corrected chi connectivity index (χ0v) is 14.0. The van der Waals surface area contributed by atoms with E-state index in [1.54, 1.807) is 0 Å². The van der Waals surface area contributed by atoms with Crippen LogP contribution in [0.15, 0.2) is 39.9 Å². The molecule has 0 spiro atoms. The molecule has 4 heteroatoms. The number of allylic oxidation sites excluding steroid dienone is 1. The molecule has 2 aromatic rings. The molecule has 0 bridgehead atoms. The summed E-state index contributed by atoms with van der Waals surface area (Å²) in [7, 11) is 0. The largest absolute Gasteiger partial charge is 0.326 e. The first-order valence-electron chi connectivity index (χ1n) is 7.75. The van der Waals surface area contributed by atoms with Crippen LogP contribution in [0.2, 0.25) is 0 Å². The summed E-state index contributed by atoms with van der Waals surface area (Å²) in [5, 5.41) is 0. The summed E-state index contributed by atoms with van der Waals surface area (Å²) in [6.07, 6.45) is 7.78. The van der Waals surface area contributed by atoms with Crippen LogP contribution in [0.4, 0.5) is 5.69 Å². The number of fused-ring (bicyclic) bond motifs is 5. The summed E-state index contributed by atoms with van der Waals surface area (Å²) in [5.41, 5.74) is 6.59. The Labute approximate surface area is 138 Å². The molecule has 1 aliphatic carbocycles. The third-order valence-electron chi connectivity index (χ3n) is 4.96. The molecule has 0 fully saturated rings. The zero-order valence-electron chi connectivity index (χ0n) is 12.4. The second-order valence-electron chi connectivity index (χ2n) is 6.17. The lowest BCUT2D eigenvalue weighted by atomic mass is 9.91. The van der Waals surface area contributed by atoms with Crippen molar-refractivity contribution in [3.05, 3.63) is 51.8 Å². The summed E-state index contributed by atoms with van der Waals surface area (Å²) in [6.45, 7) is 4.10. The molecule has 5 rings (SSSR count). The van der Waals surface area contributed by atoms with Crippen molar-refractivity contribution in [3.8, 4) is 5.69 Å². The van der Waals surface area contributed by atoms with Crippen molar-refractivity contribution >= 4 is 33.5 Å². The third kappa shape index (κ3) is 1.48. The van der Waals surface area contributed by atoms with Gasteiger partial charge in [-0.25, -0.2) is 0 Å². The highest BCUT2D eigenvalue weighted by atomic mass is 79.9. The van der Waals surface area contributed by atoms with Crippen molar-refractivity contribution in [2.75, 3.05) is 18.0 Å². The molecule has 3 heterocycles. The molecule has 22 heavy (non-hydrogen) atoms. The lowest BCUT2D eigenvalue weighted by molar-refractivity contribution is 0.816. The average Bonchev–Trinajstić information content (AvgIpc) is 3.10. The minimum atomic E-state index is 0.362. The van der Waals surface area contributed by atoms with Gasteiger partial charge in [-0.15, -0.1) is 0 Å². The van der Waals surface area contributed by atoms with Crippen LogP contribution in [0.25, 0.3) is 11.8 Å². The molecule has 1 atom stereocenters. The molecular weight excluding hydrogens is 338 g/mol. The minimum absolute atomic E-state index is 0.362. The van der Waals surface area contributed by atoms with Crippen LogP contribution >= 0.6 is 15.9 Å². The topological polar surface area (TPSA) is 20.5 Å². The number of hydrogen-bond acceptors (Lipinski definition) is 2. The van der Waals surface area contributed by atoms with Gasteiger partial charge < -0.3 is 9.47 Å². The van der Waals surface area contributed by atoms with Crippen molar-refractivity contribution in [2.24, 2.45) is 4.99 Å². The SMILES string of the molecule is Cc1cccc2c1-n1cc(Br)c3c1C(CC=C3)C1=NCCN12. The Morgan fingerprint density at radius 2 is 2.23 bits per heavy atom. The maximum Gasteiger partial charge on any atom is 0.113 e. The van der Waals surface area contributed by atoms with Crippen molar-refractivity contribution in [1.29, 1.82) is 0 Å². The molecule has 1 unspecified atom stereocenters. The third-order valence-corrected chi connectivity index (χ3v) is 5.59. The second kappa shape index (κ2) is 4.35. The maximum atomic E-state index is 4.86. The van der Waals surface area contributed by atoms with Crippen LogP contribution in [0, 0.1) is 6.92 Å². The number of amidine groups is 1. The Morgan fingerprint density at radius 3 is 3.14 bits per heavy atom. The fourth-order valence-corrected chi connectivity index (χ4v) is 4.59. The highest BCUT2D eigenvalue weighted by Crippen LogP contribution is 2.45. The molecule has 3 nitrogen and oxygen atoms in total. The van der Waals surface area contributed by atoms with Crippen LogP contribution < -0.4 is 4.90 Å². The van der Waals surface area contributed by atoms with Crippen LogP contribution in [-0.2, 0) is 0 Å². The Bertz CT molecular complexity index is 859. The summed E-state index contributed by atoms with van der Waals surface area (Å²) in [4.78, 5) is 7.29. The Kier molecular flexibility index (Phi) is 2.51. The van der Waals surface area contributed by atoms with Crippen molar-refractivity contribution < 1.29 is 0 Å².